The number of carboxylic acid groups (broad SMARTS) is 1. The number of nitrogens with one attached hydrogen (secondary N) is 1. The molecule has 0 saturated carbocycles. The van der Waals surface area contributed by atoms with Crippen molar-refractivity contribution >= 4 is 5.97 Å². The average Bonchev–Trinajstić information content (AvgIpc) is 1.84. The number of carboxylic acids is 1. The molecule has 0 saturated heterocycles. The van der Waals surface area contributed by atoms with Crippen LogP contribution in [0, 0.1) is 5.41 Å². The number of rotatable bonds is 4. The molecule has 0 heterocycles. The zero-order valence-corrected chi connectivity index (χ0v) is 6.79. The maximum Gasteiger partial charge on any atom is 0.310 e. The van der Waals surface area contributed by atoms with Crippen molar-refractivity contribution in [2.75, 3.05) is 6.54 Å². The van der Waals surface area contributed by atoms with Crippen LogP contribution in [0.25, 0.3) is 0 Å². The Morgan fingerprint density at radius 1 is 1.64 bits per heavy atom. The Morgan fingerprint density at radius 2 is 2.09 bits per heavy atom. The molecular formula is C6H15N3O2. The van der Waals surface area contributed by atoms with Gasteiger partial charge in [-0.15, -0.1) is 0 Å². The lowest BCUT2D eigenvalue weighted by atomic mass is 9.94. The van der Waals surface area contributed by atoms with Crippen LogP contribution in [-0.4, -0.2) is 23.9 Å². The van der Waals surface area contributed by atoms with E-state index in [1.165, 1.54) is 0 Å². The standard InChI is InChI=1S/C6H15N3O2/c1-6(2,4(10)11)3-9-5(7)8/h5,9H,3,7-8H2,1-2H3,(H,10,11). The molecule has 0 aromatic heterocycles. The van der Waals surface area contributed by atoms with Gasteiger partial charge in [0, 0.05) is 6.54 Å². The van der Waals surface area contributed by atoms with Crippen LogP contribution in [0.3, 0.4) is 0 Å². The monoisotopic (exact) mass is 161 g/mol. The highest BCUT2D eigenvalue weighted by Gasteiger charge is 2.26. The lowest BCUT2D eigenvalue weighted by Gasteiger charge is -2.20. The molecule has 5 heteroatoms. The zero-order valence-electron chi connectivity index (χ0n) is 6.79. The van der Waals surface area contributed by atoms with Gasteiger partial charge in [-0.2, -0.15) is 0 Å². The molecule has 0 aromatic carbocycles. The van der Waals surface area contributed by atoms with E-state index in [0.717, 1.165) is 0 Å². The molecule has 0 bridgehead atoms. The molecule has 0 radical (unpaired) electrons. The van der Waals surface area contributed by atoms with Gasteiger partial charge in [0.25, 0.3) is 0 Å². The Labute approximate surface area is 65.7 Å². The molecule has 0 atom stereocenters. The van der Waals surface area contributed by atoms with E-state index in [1.54, 1.807) is 13.8 Å². The fourth-order valence-corrected chi connectivity index (χ4v) is 0.449. The summed E-state index contributed by atoms with van der Waals surface area (Å²) in [6.45, 7) is 3.47. The van der Waals surface area contributed by atoms with Crippen LogP contribution in [0.15, 0.2) is 0 Å². The van der Waals surface area contributed by atoms with E-state index in [9.17, 15) is 4.79 Å². The van der Waals surface area contributed by atoms with Gasteiger partial charge in [-0.3, -0.25) is 10.1 Å². The zero-order chi connectivity index (χ0) is 9.07. The molecule has 0 fully saturated rings. The van der Waals surface area contributed by atoms with Crippen LogP contribution in [0.5, 0.6) is 0 Å². The van der Waals surface area contributed by atoms with Gasteiger partial charge in [-0.1, -0.05) is 0 Å². The Hall–Kier alpha value is -0.650. The van der Waals surface area contributed by atoms with Crippen LogP contribution in [-0.2, 0) is 4.79 Å². The van der Waals surface area contributed by atoms with Gasteiger partial charge in [0.2, 0.25) is 0 Å². The summed E-state index contributed by atoms with van der Waals surface area (Å²) in [4.78, 5) is 10.5. The van der Waals surface area contributed by atoms with E-state index in [2.05, 4.69) is 5.32 Å². The number of hydrogen-bond acceptors (Lipinski definition) is 4. The van der Waals surface area contributed by atoms with Crippen molar-refractivity contribution in [3.63, 3.8) is 0 Å². The van der Waals surface area contributed by atoms with Gasteiger partial charge in [0.05, 0.1) is 5.41 Å². The quantitative estimate of drug-likeness (QED) is 0.391. The second kappa shape index (κ2) is 3.66. The smallest absolute Gasteiger partial charge is 0.310 e. The fraction of sp³-hybridized carbons (Fsp3) is 0.833. The molecule has 0 aromatic rings. The van der Waals surface area contributed by atoms with Gasteiger partial charge in [-0.25, -0.2) is 0 Å². The van der Waals surface area contributed by atoms with E-state index in [-0.39, 0.29) is 6.54 Å². The van der Waals surface area contributed by atoms with Gasteiger partial charge in [0.1, 0.15) is 6.29 Å². The number of aliphatic carboxylic acids is 1. The highest BCUT2D eigenvalue weighted by atomic mass is 16.4. The molecule has 0 amide bonds. The Balaban J connectivity index is 3.83. The van der Waals surface area contributed by atoms with Crippen molar-refractivity contribution in [3.8, 4) is 0 Å². The van der Waals surface area contributed by atoms with Crippen LogP contribution in [0.2, 0.25) is 0 Å². The van der Waals surface area contributed by atoms with E-state index in [4.69, 9.17) is 16.6 Å². The van der Waals surface area contributed by atoms with Crippen molar-refractivity contribution in [2.24, 2.45) is 16.9 Å². The molecule has 0 rings (SSSR count). The fourth-order valence-electron chi connectivity index (χ4n) is 0.449. The third-order valence-corrected chi connectivity index (χ3v) is 1.36. The van der Waals surface area contributed by atoms with E-state index in [1.807, 2.05) is 0 Å². The minimum atomic E-state index is -0.870. The summed E-state index contributed by atoms with van der Waals surface area (Å²) < 4.78 is 0. The summed E-state index contributed by atoms with van der Waals surface area (Å²) in [6.07, 6.45) is -0.659. The molecule has 0 unspecified atom stereocenters. The second-order valence-corrected chi connectivity index (χ2v) is 3.10. The third kappa shape index (κ3) is 3.92. The SMILES string of the molecule is CC(C)(CNC(N)N)C(=O)O. The number of nitrogens with two attached hydrogens (primary N) is 2. The van der Waals surface area contributed by atoms with E-state index in [0.29, 0.717) is 0 Å². The Morgan fingerprint density at radius 3 is 2.36 bits per heavy atom. The van der Waals surface area contributed by atoms with Gasteiger partial charge in [-0.05, 0) is 13.8 Å². The topological polar surface area (TPSA) is 101 Å². The lowest BCUT2D eigenvalue weighted by Crippen LogP contribution is -2.50. The molecule has 66 valence electrons. The summed E-state index contributed by atoms with van der Waals surface area (Å²) >= 11 is 0. The second-order valence-electron chi connectivity index (χ2n) is 3.10. The first-order valence-corrected chi connectivity index (χ1v) is 3.34. The van der Waals surface area contributed by atoms with Crippen LogP contribution >= 0.6 is 0 Å². The summed E-state index contributed by atoms with van der Waals surface area (Å²) in [5.74, 6) is -0.870. The van der Waals surface area contributed by atoms with E-state index < -0.39 is 17.7 Å². The largest absolute Gasteiger partial charge is 0.481 e. The Kier molecular flexibility index (Phi) is 3.44. The van der Waals surface area contributed by atoms with Crippen molar-refractivity contribution in [2.45, 2.75) is 20.1 Å². The highest BCUT2D eigenvalue weighted by molar-refractivity contribution is 5.73. The third-order valence-electron chi connectivity index (χ3n) is 1.36. The Bertz CT molecular complexity index is 145. The maximum absolute atomic E-state index is 10.5. The molecule has 0 aliphatic carbocycles. The molecule has 0 aliphatic heterocycles. The first-order chi connectivity index (χ1) is 4.86. The molecule has 11 heavy (non-hydrogen) atoms. The predicted molar refractivity (Wildman–Crippen MR) is 41.6 cm³/mol. The summed E-state index contributed by atoms with van der Waals surface area (Å²) in [7, 11) is 0. The number of carbonyl (C=O) groups is 1. The minimum absolute atomic E-state index is 0.264. The lowest BCUT2D eigenvalue weighted by molar-refractivity contribution is -0.146. The first kappa shape index (κ1) is 10.3. The summed E-state index contributed by atoms with van der Waals surface area (Å²) in [5, 5.41) is 11.3. The van der Waals surface area contributed by atoms with E-state index >= 15 is 0 Å². The summed E-state index contributed by atoms with van der Waals surface area (Å²) in [6, 6.07) is 0. The van der Waals surface area contributed by atoms with Crippen LogP contribution in [0.4, 0.5) is 0 Å². The maximum atomic E-state index is 10.5. The normalized spacial score (nSPS) is 12.1. The summed E-state index contributed by atoms with van der Waals surface area (Å²) in [5.41, 5.74) is 9.52. The molecule has 5 nitrogen and oxygen atoms in total. The minimum Gasteiger partial charge on any atom is -0.481 e. The highest BCUT2D eigenvalue weighted by Crippen LogP contribution is 2.12. The van der Waals surface area contributed by atoms with Crippen LogP contribution < -0.4 is 16.8 Å². The molecule has 0 spiro atoms. The van der Waals surface area contributed by atoms with Crippen molar-refractivity contribution < 1.29 is 9.90 Å². The molecule has 0 aliphatic rings. The van der Waals surface area contributed by atoms with Crippen molar-refractivity contribution in [1.82, 2.24) is 5.32 Å². The van der Waals surface area contributed by atoms with Gasteiger partial charge in [0.15, 0.2) is 0 Å². The first-order valence-electron chi connectivity index (χ1n) is 3.34. The van der Waals surface area contributed by atoms with Gasteiger partial charge >= 0.3 is 5.97 Å². The van der Waals surface area contributed by atoms with Crippen molar-refractivity contribution in [3.05, 3.63) is 0 Å². The average molecular weight is 161 g/mol. The number of hydrogen-bond donors (Lipinski definition) is 4. The molecular weight excluding hydrogens is 146 g/mol. The van der Waals surface area contributed by atoms with Crippen molar-refractivity contribution in [1.29, 1.82) is 0 Å². The predicted octanol–water partition coefficient (Wildman–Crippen LogP) is -1.11. The molecule has 6 N–H and O–H groups in total. The van der Waals surface area contributed by atoms with Crippen LogP contribution in [0.1, 0.15) is 13.8 Å². The van der Waals surface area contributed by atoms with Gasteiger partial charge < -0.3 is 16.6 Å².